The molecule has 0 saturated heterocycles. The molecule has 0 atom stereocenters. The first kappa shape index (κ1) is 23.7. The Balaban J connectivity index is 1.26. The summed E-state index contributed by atoms with van der Waals surface area (Å²) in [6.45, 7) is 1.96. The van der Waals surface area contributed by atoms with Gasteiger partial charge in [0.25, 0.3) is 5.91 Å². The van der Waals surface area contributed by atoms with Crippen LogP contribution in [-0.2, 0) is 19.5 Å². The fourth-order valence-electron chi connectivity index (χ4n) is 5.09. The van der Waals surface area contributed by atoms with E-state index in [1.54, 1.807) is 7.11 Å². The zero-order valence-corrected chi connectivity index (χ0v) is 21.4. The molecule has 5 heteroatoms. The topological polar surface area (TPSA) is 45.7 Å². The Labute approximate surface area is 222 Å². The summed E-state index contributed by atoms with van der Waals surface area (Å²) in [7, 11) is 1.67. The number of methoxy groups -OCH3 is 1. The Kier molecular flexibility index (Phi) is 6.49. The van der Waals surface area contributed by atoms with Crippen molar-refractivity contribution in [2.24, 2.45) is 0 Å². The number of hydrogen-bond acceptors (Lipinski definition) is 4. The molecule has 0 fully saturated rings. The molecule has 0 N–H and O–H groups in total. The summed E-state index contributed by atoms with van der Waals surface area (Å²) in [6, 6.07) is 36.4. The van der Waals surface area contributed by atoms with Gasteiger partial charge in [0, 0.05) is 42.3 Å². The third kappa shape index (κ3) is 4.83. The number of rotatable bonds is 7. The second-order valence-electron chi connectivity index (χ2n) is 9.61. The van der Waals surface area contributed by atoms with Crippen LogP contribution in [0.5, 0.6) is 5.75 Å². The van der Waals surface area contributed by atoms with Gasteiger partial charge in [0.2, 0.25) is 0 Å². The number of ether oxygens (including phenoxy) is 1. The van der Waals surface area contributed by atoms with Gasteiger partial charge in [-0.3, -0.25) is 4.79 Å². The van der Waals surface area contributed by atoms with Crippen molar-refractivity contribution in [3.05, 3.63) is 131 Å². The molecule has 1 aromatic heterocycles. The van der Waals surface area contributed by atoms with Gasteiger partial charge in [0.05, 0.1) is 12.6 Å². The van der Waals surface area contributed by atoms with Crippen LogP contribution in [0.15, 0.2) is 109 Å². The standard InChI is InChI=1S/C33H29N3O2/c1-38-30-17-14-27-20-28-18-19-36(32(28)34-31(27)21-30)29-15-12-26(13-16-29)33(37)35(22-24-8-4-2-5-9-24)23-25-10-6-3-7-11-25/h2-17,20-21H,18-19,22-23H2,1H3. The van der Waals surface area contributed by atoms with E-state index in [1.165, 1.54) is 5.56 Å². The van der Waals surface area contributed by atoms with Crippen molar-refractivity contribution in [3.63, 3.8) is 0 Å². The summed E-state index contributed by atoms with van der Waals surface area (Å²) in [4.78, 5) is 22.8. The summed E-state index contributed by atoms with van der Waals surface area (Å²) in [5, 5.41) is 1.12. The minimum atomic E-state index is 0.0160. The first-order valence-corrected chi connectivity index (χ1v) is 12.9. The van der Waals surface area contributed by atoms with E-state index in [0.29, 0.717) is 18.7 Å². The zero-order chi connectivity index (χ0) is 25.9. The molecular formula is C33H29N3O2. The van der Waals surface area contributed by atoms with Gasteiger partial charge < -0.3 is 14.5 Å². The zero-order valence-electron chi connectivity index (χ0n) is 21.4. The van der Waals surface area contributed by atoms with Crippen LogP contribution in [0.2, 0.25) is 0 Å². The number of hydrogen-bond donors (Lipinski definition) is 0. The van der Waals surface area contributed by atoms with E-state index >= 15 is 0 Å². The van der Waals surface area contributed by atoms with E-state index in [0.717, 1.165) is 52.3 Å². The lowest BCUT2D eigenvalue weighted by Gasteiger charge is -2.24. The van der Waals surface area contributed by atoms with Gasteiger partial charge in [-0.1, -0.05) is 60.7 Å². The molecule has 0 radical (unpaired) electrons. The Bertz CT molecular complexity index is 1530. The number of carbonyl (C=O) groups excluding carboxylic acids is 1. The highest BCUT2D eigenvalue weighted by Gasteiger charge is 2.24. The van der Waals surface area contributed by atoms with Gasteiger partial charge in [-0.25, -0.2) is 4.98 Å². The maximum Gasteiger partial charge on any atom is 0.254 e. The van der Waals surface area contributed by atoms with Gasteiger partial charge in [-0.05, 0) is 65.6 Å². The average molecular weight is 500 g/mol. The molecule has 1 amide bonds. The number of carbonyl (C=O) groups is 1. The molecule has 5 nitrogen and oxygen atoms in total. The molecular weight excluding hydrogens is 470 g/mol. The maximum absolute atomic E-state index is 13.7. The fourth-order valence-corrected chi connectivity index (χ4v) is 5.09. The Morgan fingerprint density at radius 2 is 1.50 bits per heavy atom. The van der Waals surface area contributed by atoms with Crippen LogP contribution in [0, 0.1) is 0 Å². The molecule has 6 rings (SSSR count). The minimum Gasteiger partial charge on any atom is -0.497 e. The molecule has 5 aromatic rings. The highest BCUT2D eigenvalue weighted by atomic mass is 16.5. The first-order valence-electron chi connectivity index (χ1n) is 12.9. The SMILES string of the molecule is COc1ccc2cc3c(nc2c1)N(c1ccc(C(=O)N(Cc2ccccc2)Cc2ccccc2)cc1)CC3. The smallest absolute Gasteiger partial charge is 0.254 e. The molecule has 2 heterocycles. The van der Waals surface area contributed by atoms with E-state index in [-0.39, 0.29) is 5.91 Å². The van der Waals surface area contributed by atoms with E-state index in [2.05, 4.69) is 41.3 Å². The number of benzene rings is 4. The highest BCUT2D eigenvalue weighted by molar-refractivity contribution is 5.95. The van der Waals surface area contributed by atoms with Crippen LogP contribution in [0.1, 0.15) is 27.0 Å². The molecule has 0 unspecified atom stereocenters. The number of nitrogens with zero attached hydrogens (tertiary/aromatic N) is 3. The van der Waals surface area contributed by atoms with Crippen molar-refractivity contribution in [2.75, 3.05) is 18.6 Å². The Hall–Kier alpha value is -4.64. The molecule has 1 aliphatic heterocycles. The molecule has 4 aromatic carbocycles. The summed E-state index contributed by atoms with van der Waals surface area (Å²) in [5.74, 6) is 1.79. The van der Waals surface area contributed by atoms with Crippen molar-refractivity contribution >= 4 is 28.3 Å². The van der Waals surface area contributed by atoms with E-state index in [9.17, 15) is 4.79 Å². The normalized spacial score (nSPS) is 12.4. The van der Waals surface area contributed by atoms with Gasteiger partial charge >= 0.3 is 0 Å². The van der Waals surface area contributed by atoms with Crippen LogP contribution in [0.4, 0.5) is 11.5 Å². The fraction of sp³-hybridized carbons (Fsp3) is 0.152. The van der Waals surface area contributed by atoms with Crippen LogP contribution in [-0.4, -0.2) is 29.4 Å². The second-order valence-corrected chi connectivity index (χ2v) is 9.61. The first-order chi connectivity index (χ1) is 18.7. The van der Waals surface area contributed by atoms with Crippen LogP contribution in [0.3, 0.4) is 0 Å². The molecule has 1 aliphatic rings. The lowest BCUT2D eigenvalue weighted by molar-refractivity contribution is 0.0730. The lowest BCUT2D eigenvalue weighted by atomic mass is 10.1. The van der Waals surface area contributed by atoms with Crippen molar-refractivity contribution in [2.45, 2.75) is 19.5 Å². The maximum atomic E-state index is 13.7. The van der Waals surface area contributed by atoms with Crippen molar-refractivity contribution in [3.8, 4) is 5.75 Å². The van der Waals surface area contributed by atoms with E-state index in [4.69, 9.17) is 9.72 Å². The van der Waals surface area contributed by atoms with Crippen molar-refractivity contribution in [1.82, 2.24) is 9.88 Å². The van der Waals surface area contributed by atoms with Gasteiger partial charge in [0.1, 0.15) is 11.6 Å². The molecule has 0 bridgehead atoms. The number of fused-ring (bicyclic) bond motifs is 2. The van der Waals surface area contributed by atoms with Gasteiger partial charge in [0.15, 0.2) is 0 Å². The third-order valence-electron chi connectivity index (χ3n) is 7.09. The third-order valence-corrected chi connectivity index (χ3v) is 7.09. The van der Waals surface area contributed by atoms with Crippen LogP contribution >= 0.6 is 0 Å². The van der Waals surface area contributed by atoms with Crippen LogP contribution in [0.25, 0.3) is 10.9 Å². The predicted octanol–water partition coefficient (Wildman–Crippen LogP) is 6.78. The van der Waals surface area contributed by atoms with Gasteiger partial charge in [-0.2, -0.15) is 0 Å². The minimum absolute atomic E-state index is 0.0160. The largest absolute Gasteiger partial charge is 0.497 e. The van der Waals surface area contributed by atoms with Crippen molar-refractivity contribution in [1.29, 1.82) is 0 Å². The quantitative estimate of drug-likeness (QED) is 0.248. The summed E-state index contributed by atoms with van der Waals surface area (Å²) in [5.41, 5.74) is 6.08. The van der Waals surface area contributed by atoms with Gasteiger partial charge in [-0.15, -0.1) is 0 Å². The summed E-state index contributed by atoms with van der Waals surface area (Å²) < 4.78 is 5.39. The number of anilines is 2. The predicted molar refractivity (Wildman–Crippen MR) is 152 cm³/mol. The molecule has 0 aliphatic carbocycles. The number of pyridine rings is 1. The number of aromatic nitrogens is 1. The number of amides is 1. The molecule has 188 valence electrons. The molecule has 38 heavy (non-hydrogen) atoms. The summed E-state index contributed by atoms with van der Waals surface area (Å²) >= 11 is 0. The Morgan fingerprint density at radius 3 is 2.13 bits per heavy atom. The Morgan fingerprint density at radius 1 is 0.842 bits per heavy atom. The molecule has 0 spiro atoms. The monoisotopic (exact) mass is 499 g/mol. The summed E-state index contributed by atoms with van der Waals surface area (Å²) in [6.07, 6.45) is 0.937. The van der Waals surface area contributed by atoms with E-state index in [1.807, 2.05) is 77.7 Å². The van der Waals surface area contributed by atoms with Crippen molar-refractivity contribution < 1.29 is 9.53 Å². The second kappa shape index (κ2) is 10.4. The molecule has 0 saturated carbocycles. The average Bonchev–Trinajstić information content (AvgIpc) is 3.38. The lowest BCUT2D eigenvalue weighted by Crippen LogP contribution is -2.30. The van der Waals surface area contributed by atoms with E-state index < -0.39 is 0 Å². The van der Waals surface area contributed by atoms with Crippen LogP contribution < -0.4 is 9.64 Å². The highest BCUT2D eigenvalue weighted by Crippen LogP contribution is 2.35.